The predicted octanol–water partition coefficient (Wildman–Crippen LogP) is 1.73. The highest BCUT2D eigenvalue weighted by Crippen LogP contribution is 2.44. The van der Waals surface area contributed by atoms with Crippen molar-refractivity contribution < 1.29 is 14.3 Å². The molecule has 1 aromatic rings. The van der Waals surface area contributed by atoms with Gasteiger partial charge in [0.1, 0.15) is 11.4 Å². The molecule has 1 aromatic carbocycles. The van der Waals surface area contributed by atoms with Gasteiger partial charge in [-0.2, -0.15) is 0 Å². The van der Waals surface area contributed by atoms with Crippen LogP contribution in [0.3, 0.4) is 0 Å². The summed E-state index contributed by atoms with van der Waals surface area (Å²) in [6, 6.07) is 4.38. The Kier molecular flexibility index (Phi) is 2.45. The van der Waals surface area contributed by atoms with Crippen molar-refractivity contribution in [1.29, 1.82) is 0 Å². The van der Waals surface area contributed by atoms with Gasteiger partial charge in [-0.3, -0.25) is 4.79 Å². The van der Waals surface area contributed by atoms with Crippen LogP contribution in [0.1, 0.15) is 28.8 Å². The highest BCUT2D eigenvalue weighted by atomic mass is 19.1. The van der Waals surface area contributed by atoms with E-state index in [0.717, 1.165) is 12.8 Å². The number of hydrogen-bond acceptors (Lipinski definition) is 2. The third-order valence-electron chi connectivity index (χ3n) is 3.96. The third-order valence-corrected chi connectivity index (χ3v) is 3.96. The topological polar surface area (TPSA) is 40.5 Å². The highest BCUT2D eigenvalue weighted by molar-refractivity contribution is 5.95. The summed E-state index contributed by atoms with van der Waals surface area (Å²) in [6.45, 7) is 2.46. The van der Waals surface area contributed by atoms with Crippen molar-refractivity contribution >= 4 is 5.91 Å². The molecule has 0 aromatic heterocycles. The predicted molar refractivity (Wildman–Crippen MR) is 64.7 cm³/mol. The molecule has 1 aliphatic carbocycles. The summed E-state index contributed by atoms with van der Waals surface area (Å²) in [5, 5.41) is 10.2. The van der Waals surface area contributed by atoms with Gasteiger partial charge in [-0.05, 0) is 49.4 Å². The quantitative estimate of drug-likeness (QED) is 0.867. The van der Waals surface area contributed by atoms with Crippen LogP contribution in [-0.4, -0.2) is 34.6 Å². The van der Waals surface area contributed by atoms with Gasteiger partial charge in [0.25, 0.3) is 5.91 Å². The number of β-amino-alcohol motifs (C(OH)–C–C–N with tert-alkyl or cyclic N) is 1. The van der Waals surface area contributed by atoms with Crippen LogP contribution in [0.4, 0.5) is 4.39 Å². The Hall–Kier alpha value is -1.42. The fourth-order valence-electron chi connectivity index (χ4n) is 2.60. The SMILES string of the molecule is Cc1cc(C(=O)N2CC(O)(C3CC3)C2)ccc1F. The smallest absolute Gasteiger partial charge is 0.254 e. The monoisotopic (exact) mass is 249 g/mol. The molecule has 0 atom stereocenters. The van der Waals surface area contributed by atoms with E-state index in [1.54, 1.807) is 17.9 Å². The van der Waals surface area contributed by atoms with E-state index in [4.69, 9.17) is 0 Å². The summed E-state index contributed by atoms with van der Waals surface area (Å²) >= 11 is 0. The number of carbonyl (C=O) groups excluding carboxylic acids is 1. The number of carbonyl (C=O) groups is 1. The van der Waals surface area contributed by atoms with Crippen molar-refractivity contribution in [3.63, 3.8) is 0 Å². The van der Waals surface area contributed by atoms with Crippen LogP contribution in [0.15, 0.2) is 18.2 Å². The number of halogens is 1. The second kappa shape index (κ2) is 3.79. The fourth-order valence-corrected chi connectivity index (χ4v) is 2.60. The Morgan fingerprint density at radius 2 is 2.11 bits per heavy atom. The molecule has 0 bridgehead atoms. The second-order valence-corrected chi connectivity index (χ2v) is 5.50. The van der Waals surface area contributed by atoms with Crippen molar-refractivity contribution in [3.05, 3.63) is 35.1 Å². The van der Waals surface area contributed by atoms with E-state index in [2.05, 4.69) is 0 Å². The van der Waals surface area contributed by atoms with Gasteiger partial charge in [0.2, 0.25) is 0 Å². The maximum atomic E-state index is 13.1. The minimum absolute atomic E-state index is 0.122. The van der Waals surface area contributed by atoms with Gasteiger partial charge in [0.05, 0.1) is 13.1 Å². The van der Waals surface area contributed by atoms with Crippen LogP contribution < -0.4 is 0 Å². The molecule has 1 N–H and O–H groups in total. The molecule has 18 heavy (non-hydrogen) atoms. The van der Waals surface area contributed by atoms with Crippen LogP contribution in [0, 0.1) is 18.7 Å². The molecule has 1 saturated carbocycles. The Balaban J connectivity index is 1.70. The summed E-state index contributed by atoms with van der Waals surface area (Å²) in [4.78, 5) is 13.7. The molecule has 2 fully saturated rings. The van der Waals surface area contributed by atoms with E-state index in [1.807, 2.05) is 0 Å². The van der Waals surface area contributed by atoms with E-state index in [0.29, 0.717) is 30.1 Å². The number of aryl methyl sites for hydroxylation is 1. The van der Waals surface area contributed by atoms with Gasteiger partial charge < -0.3 is 10.0 Å². The van der Waals surface area contributed by atoms with Gasteiger partial charge in [0.15, 0.2) is 0 Å². The first-order valence-corrected chi connectivity index (χ1v) is 6.27. The molecule has 0 radical (unpaired) electrons. The molecule has 0 unspecified atom stereocenters. The van der Waals surface area contributed by atoms with E-state index in [9.17, 15) is 14.3 Å². The van der Waals surface area contributed by atoms with E-state index < -0.39 is 5.60 Å². The summed E-state index contributed by atoms with van der Waals surface area (Å²) in [5.74, 6) is -0.0513. The van der Waals surface area contributed by atoms with Gasteiger partial charge >= 0.3 is 0 Å². The highest BCUT2D eigenvalue weighted by Gasteiger charge is 2.53. The van der Waals surface area contributed by atoms with Gasteiger partial charge in [-0.25, -0.2) is 4.39 Å². The molecule has 2 aliphatic rings. The number of hydrogen-bond donors (Lipinski definition) is 1. The first kappa shape index (κ1) is 11.7. The summed E-state index contributed by atoms with van der Waals surface area (Å²) in [7, 11) is 0. The number of rotatable bonds is 2. The molecule has 1 amide bonds. The van der Waals surface area contributed by atoms with Crippen LogP contribution in [0.5, 0.6) is 0 Å². The Morgan fingerprint density at radius 3 is 2.67 bits per heavy atom. The Labute approximate surface area is 105 Å². The lowest BCUT2D eigenvalue weighted by Gasteiger charge is -2.47. The third kappa shape index (κ3) is 1.81. The van der Waals surface area contributed by atoms with Gasteiger partial charge in [-0.1, -0.05) is 0 Å². The zero-order valence-corrected chi connectivity index (χ0v) is 10.3. The van der Waals surface area contributed by atoms with Gasteiger partial charge in [-0.15, -0.1) is 0 Å². The number of aliphatic hydroxyl groups is 1. The lowest BCUT2D eigenvalue weighted by molar-refractivity contribution is -0.0958. The standard InChI is InChI=1S/C14H16FNO2/c1-9-6-10(2-5-12(9)15)13(17)16-7-14(18,8-16)11-3-4-11/h2,5-6,11,18H,3-4,7-8H2,1H3. The first-order chi connectivity index (χ1) is 8.49. The number of amides is 1. The Bertz CT molecular complexity index is 505. The molecule has 3 nitrogen and oxygen atoms in total. The summed E-state index contributed by atoms with van der Waals surface area (Å²) < 4.78 is 13.1. The Morgan fingerprint density at radius 1 is 1.44 bits per heavy atom. The largest absolute Gasteiger partial charge is 0.386 e. The lowest BCUT2D eigenvalue weighted by Crippen LogP contribution is -2.64. The van der Waals surface area contributed by atoms with Crippen LogP contribution in [-0.2, 0) is 0 Å². The minimum atomic E-state index is -0.662. The molecule has 1 heterocycles. The first-order valence-electron chi connectivity index (χ1n) is 6.27. The van der Waals surface area contributed by atoms with Crippen molar-refractivity contribution in [3.8, 4) is 0 Å². The van der Waals surface area contributed by atoms with Crippen molar-refractivity contribution in [2.45, 2.75) is 25.4 Å². The summed E-state index contributed by atoms with van der Waals surface area (Å²) in [6.07, 6.45) is 2.13. The van der Waals surface area contributed by atoms with Crippen molar-refractivity contribution in [2.24, 2.45) is 5.92 Å². The maximum absolute atomic E-state index is 13.1. The molecule has 0 spiro atoms. The lowest BCUT2D eigenvalue weighted by atomic mass is 9.88. The van der Waals surface area contributed by atoms with E-state index in [1.165, 1.54) is 12.1 Å². The van der Waals surface area contributed by atoms with Crippen molar-refractivity contribution in [2.75, 3.05) is 13.1 Å². The molecule has 3 rings (SSSR count). The second-order valence-electron chi connectivity index (χ2n) is 5.50. The average Bonchev–Trinajstić information content (AvgIpc) is 3.12. The molecule has 1 saturated heterocycles. The van der Waals surface area contributed by atoms with Crippen molar-refractivity contribution in [1.82, 2.24) is 4.90 Å². The van der Waals surface area contributed by atoms with Gasteiger partial charge in [0, 0.05) is 5.56 Å². The van der Waals surface area contributed by atoms with Crippen LogP contribution in [0.25, 0.3) is 0 Å². The fraction of sp³-hybridized carbons (Fsp3) is 0.500. The number of nitrogens with zero attached hydrogens (tertiary/aromatic N) is 1. The number of likely N-dealkylation sites (tertiary alicyclic amines) is 1. The average molecular weight is 249 g/mol. The van der Waals surface area contributed by atoms with Crippen LogP contribution >= 0.6 is 0 Å². The zero-order chi connectivity index (χ0) is 12.9. The molecule has 96 valence electrons. The molecule has 4 heteroatoms. The summed E-state index contributed by atoms with van der Waals surface area (Å²) in [5.41, 5.74) is 0.302. The zero-order valence-electron chi connectivity index (χ0n) is 10.3. The van der Waals surface area contributed by atoms with E-state index >= 15 is 0 Å². The maximum Gasteiger partial charge on any atom is 0.254 e. The molecule has 1 aliphatic heterocycles. The number of benzene rings is 1. The van der Waals surface area contributed by atoms with Crippen LogP contribution in [0.2, 0.25) is 0 Å². The minimum Gasteiger partial charge on any atom is -0.386 e. The molecular formula is C14H16FNO2. The normalized spacial score (nSPS) is 21.6. The molecular weight excluding hydrogens is 233 g/mol. The van der Waals surface area contributed by atoms with E-state index in [-0.39, 0.29) is 11.7 Å².